The van der Waals surface area contributed by atoms with E-state index >= 15 is 0 Å². The van der Waals surface area contributed by atoms with Gasteiger partial charge in [-0.3, -0.25) is 9.59 Å². The van der Waals surface area contributed by atoms with Crippen molar-refractivity contribution in [3.05, 3.63) is 71.4 Å². The lowest BCUT2D eigenvalue weighted by molar-refractivity contribution is -0.132. The number of fused-ring (bicyclic) bond motifs is 2. The number of Topliss-reactive ketones (excluding diaryl/α,β-unsaturated/α-hetero) is 1. The van der Waals surface area contributed by atoms with Crippen LogP contribution in [0.3, 0.4) is 0 Å². The minimum Gasteiger partial charge on any atom is -0.337 e. The van der Waals surface area contributed by atoms with E-state index in [1.54, 1.807) is 0 Å². The van der Waals surface area contributed by atoms with E-state index in [0.29, 0.717) is 6.54 Å². The van der Waals surface area contributed by atoms with Crippen LogP contribution in [0.25, 0.3) is 10.9 Å². The highest BCUT2D eigenvalue weighted by atomic mass is 16.2. The lowest BCUT2D eigenvalue weighted by Gasteiger charge is -2.29. The highest BCUT2D eigenvalue weighted by Gasteiger charge is 2.32. The largest absolute Gasteiger partial charge is 0.337 e. The van der Waals surface area contributed by atoms with Crippen molar-refractivity contribution in [1.29, 1.82) is 0 Å². The first-order chi connectivity index (χ1) is 13.2. The Balaban J connectivity index is 1.41. The van der Waals surface area contributed by atoms with Gasteiger partial charge in [0, 0.05) is 41.7 Å². The molecule has 0 spiro atoms. The third-order valence-corrected chi connectivity index (χ3v) is 5.79. The number of benzene rings is 2. The second-order valence-electron chi connectivity index (χ2n) is 7.66. The topological polar surface area (TPSA) is 42.3 Å². The standard InChI is InChI=1S/C23H22N2O2/c26-22(24-12-11-16-5-1-2-6-18(16)13-24)15-25-14-20(23(27)17-9-10-17)19-7-3-4-8-21(19)25/h1-8,14,17H,9-13,15H2. The van der Waals surface area contributed by atoms with Crippen LogP contribution in [0, 0.1) is 5.92 Å². The van der Waals surface area contributed by atoms with E-state index in [1.165, 1.54) is 11.1 Å². The van der Waals surface area contributed by atoms with Crippen LogP contribution >= 0.6 is 0 Å². The van der Waals surface area contributed by atoms with E-state index in [9.17, 15) is 9.59 Å². The number of para-hydroxylation sites is 1. The van der Waals surface area contributed by atoms with Gasteiger partial charge in [-0.1, -0.05) is 42.5 Å². The first-order valence-electron chi connectivity index (χ1n) is 9.67. The zero-order valence-electron chi connectivity index (χ0n) is 15.2. The van der Waals surface area contributed by atoms with Gasteiger partial charge >= 0.3 is 0 Å². The van der Waals surface area contributed by atoms with Crippen LogP contribution < -0.4 is 0 Å². The summed E-state index contributed by atoms with van der Waals surface area (Å²) in [5.41, 5.74) is 4.31. The minimum absolute atomic E-state index is 0.107. The average molecular weight is 358 g/mol. The van der Waals surface area contributed by atoms with Gasteiger partial charge in [0.2, 0.25) is 5.91 Å². The smallest absolute Gasteiger partial charge is 0.242 e. The summed E-state index contributed by atoms with van der Waals surface area (Å²) in [7, 11) is 0. The van der Waals surface area contributed by atoms with E-state index in [2.05, 4.69) is 18.2 Å². The molecule has 0 unspecified atom stereocenters. The zero-order valence-corrected chi connectivity index (χ0v) is 15.2. The molecule has 5 rings (SSSR count). The predicted molar refractivity (Wildman–Crippen MR) is 105 cm³/mol. The van der Waals surface area contributed by atoms with Crippen molar-refractivity contribution in [2.75, 3.05) is 6.54 Å². The number of hydrogen-bond acceptors (Lipinski definition) is 2. The molecule has 1 aliphatic carbocycles. The molecule has 0 N–H and O–H groups in total. The normalized spacial score (nSPS) is 16.4. The lowest BCUT2D eigenvalue weighted by Crippen LogP contribution is -2.37. The maximum Gasteiger partial charge on any atom is 0.242 e. The highest BCUT2D eigenvalue weighted by Crippen LogP contribution is 2.35. The molecule has 1 aromatic heterocycles. The van der Waals surface area contributed by atoms with Crippen LogP contribution in [0.1, 0.15) is 34.3 Å². The molecule has 2 aromatic carbocycles. The van der Waals surface area contributed by atoms with Crippen molar-refractivity contribution in [1.82, 2.24) is 9.47 Å². The van der Waals surface area contributed by atoms with Crippen LogP contribution in [0.4, 0.5) is 0 Å². The van der Waals surface area contributed by atoms with Gasteiger partial charge in [-0.15, -0.1) is 0 Å². The summed E-state index contributed by atoms with van der Waals surface area (Å²) in [6.07, 6.45) is 4.77. The van der Waals surface area contributed by atoms with Crippen LogP contribution in [0.2, 0.25) is 0 Å². The zero-order chi connectivity index (χ0) is 18.4. The van der Waals surface area contributed by atoms with Crippen molar-refractivity contribution >= 4 is 22.6 Å². The van der Waals surface area contributed by atoms with Crippen LogP contribution in [0.5, 0.6) is 0 Å². The second kappa shape index (κ2) is 6.38. The molecule has 0 atom stereocenters. The molecule has 0 radical (unpaired) electrons. The molecule has 0 bridgehead atoms. The number of aromatic nitrogens is 1. The molecule has 1 aliphatic heterocycles. The molecule has 2 aliphatic rings. The van der Waals surface area contributed by atoms with Gasteiger partial charge in [0.05, 0.1) is 0 Å². The highest BCUT2D eigenvalue weighted by molar-refractivity contribution is 6.10. The van der Waals surface area contributed by atoms with Crippen LogP contribution in [-0.2, 0) is 24.3 Å². The predicted octanol–water partition coefficient (Wildman–Crippen LogP) is 3.82. The Morgan fingerprint density at radius 3 is 2.52 bits per heavy atom. The molecule has 3 aromatic rings. The fourth-order valence-corrected chi connectivity index (χ4v) is 4.09. The fourth-order valence-electron chi connectivity index (χ4n) is 4.09. The second-order valence-corrected chi connectivity index (χ2v) is 7.66. The van der Waals surface area contributed by atoms with Crippen LogP contribution in [-0.4, -0.2) is 27.7 Å². The van der Waals surface area contributed by atoms with Crippen LogP contribution in [0.15, 0.2) is 54.7 Å². The maximum atomic E-state index is 13.0. The number of rotatable bonds is 4. The number of hydrogen-bond donors (Lipinski definition) is 0. The molecule has 2 heterocycles. The average Bonchev–Trinajstić information content (AvgIpc) is 3.50. The van der Waals surface area contributed by atoms with Crippen molar-refractivity contribution < 1.29 is 9.59 Å². The van der Waals surface area contributed by atoms with Crippen molar-refractivity contribution in [3.63, 3.8) is 0 Å². The first kappa shape index (κ1) is 16.3. The summed E-state index contributed by atoms with van der Waals surface area (Å²) >= 11 is 0. The molecule has 4 nitrogen and oxygen atoms in total. The number of nitrogens with zero attached hydrogens (tertiary/aromatic N) is 2. The molecule has 1 fully saturated rings. The van der Waals surface area contributed by atoms with E-state index < -0.39 is 0 Å². The minimum atomic E-state index is 0.107. The molecule has 1 saturated carbocycles. The summed E-state index contributed by atoms with van der Waals surface area (Å²) in [5.74, 6) is 0.513. The lowest BCUT2D eigenvalue weighted by atomic mass is 10.00. The van der Waals surface area contributed by atoms with Gasteiger partial charge in [0.1, 0.15) is 6.54 Å². The summed E-state index contributed by atoms with van der Waals surface area (Å²) in [6, 6.07) is 16.2. The first-order valence-corrected chi connectivity index (χ1v) is 9.67. The monoisotopic (exact) mass is 358 g/mol. The van der Waals surface area contributed by atoms with Gasteiger partial charge in [-0.2, -0.15) is 0 Å². The van der Waals surface area contributed by atoms with Gasteiger partial charge in [-0.25, -0.2) is 0 Å². The van der Waals surface area contributed by atoms with Crippen molar-refractivity contribution in [2.24, 2.45) is 5.92 Å². The fraction of sp³-hybridized carbons (Fsp3) is 0.304. The van der Waals surface area contributed by atoms with Gasteiger partial charge in [0.25, 0.3) is 0 Å². The van der Waals surface area contributed by atoms with Crippen molar-refractivity contribution in [3.8, 4) is 0 Å². The molecule has 4 heteroatoms. The Morgan fingerprint density at radius 2 is 1.70 bits per heavy atom. The molecule has 136 valence electrons. The Kier molecular flexibility index (Phi) is 3.85. The Hall–Kier alpha value is -2.88. The summed E-state index contributed by atoms with van der Waals surface area (Å²) in [5, 5.41) is 0.964. The Morgan fingerprint density at radius 1 is 0.963 bits per heavy atom. The Bertz CT molecular complexity index is 1050. The molecular formula is C23H22N2O2. The van der Waals surface area contributed by atoms with E-state index in [-0.39, 0.29) is 24.2 Å². The third kappa shape index (κ3) is 2.95. The molecular weight excluding hydrogens is 336 g/mol. The molecule has 27 heavy (non-hydrogen) atoms. The van der Waals surface area contributed by atoms with E-state index in [0.717, 1.165) is 42.3 Å². The van der Waals surface area contributed by atoms with Gasteiger partial charge < -0.3 is 9.47 Å². The van der Waals surface area contributed by atoms with Gasteiger partial charge in [0.15, 0.2) is 5.78 Å². The number of carbonyl (C=O) groups excluding carboxylic acids is 2. The van der Waals surface area contributed by atoms with E-state index in [1.807, 2.05) is 46.0 Å². The quantitative estimate of drug-likeness (QED) is 0.666. The SMILES string of the molecule is O=C(c1cn(CC(=O)N2CCc3ccccc3C2)c2ccccc12)C1CC1. The number of carbonyl (C=O) groups is 2. The summed E-state index contributed by atoms with van der Waals surface area (Å²) < 4.78 is 1.95. The molecule has 0 saturated heterocycles. The van der Waals surface area contributed by atoms with Gasteiger partial charge in [-0.05, 0) is 36.5 Å². The summed E-state index contributed by atoms with van der Waals surface area (Å²) in [6.45, 7) is 1.70. The number of ketones is 1. The van der Waals surface area contributed by atoms with E-state index in [4.69, 9.17) is 0 Å². The summed E-state index contributed by atoms with van der Waals surface area (Å²) in [4.78, 5) is 27.5. The molecule has 1 amide bonds. The van der Waals surface area contributed by atoms with Crippen molar-refractivity contribution in [2.45, 2.75) is 32.4 Å². The maximum absolute atomic E-state index is 13.0. The Labute approximate surface area is 158 Å². The third-order valence-electron chi connectivity index (χ3n) is 5.79. The number of amides is 1.